The summed E-state index contributed by atoms with van der Waals surface area (Å²) in [5, 5.41) is 2.90. The molecule has 26 heavy (non-hydrogen) atoms. The molecule has 0 aliphatic carbocycles. The molecule has 0 aliphatic rings. The van der Waals surface area contributed by atoms with Crippen LogP contribution in [-0.2, 0) is 0 Å². The quantitative estimate of drug-likeness (QED) is 0.545. The van der Waals surface area contributed by atoms with E-state index in [2.05, 4.69) is 10.3 Å². The van der Waals surface area contributed by atoms with E-state index in [0.717, 1.165) is 16.6 Å². The van der Waals surface area contributed by atoms with Crippen LogP contribution in [0.1, 0.15) is 21.5 Å². The van der Waals surface area contributed by atoms with E-state index < -0.39 is 0 Å². The molecule has 0 atom stereocenters. The van der Waals surface area contributed by atoms with Gasteiger partial charge in [0, 0.05) is 22.9 Å². The largest absolute Gasteiger partial charge is 0.436 e. The van der Waals surface area contributed by atoms with Crippen LogP contribution >= 0.6 is 0 Å². The molecular formula is C22H18N2O2. The Labute approximate surface area is 151 Å². The van der Waals surface area contributed by atoms with Crippen LogP contribution in [0.4, 0.5) is 5.69 Å². The van der Waals surface area contributed by atoms with E-state index in [1.807, 2.05) is 74.5 Å². The van der Waals surface area contributed by atoms with Gasteiger partial charge in [-0.25, -0.2) is 4.98 Å². The Kier molecular flexibility index (Phi) is 4.01. The maximum absolute atomic E-state index is 12.4. The number of aromatic nitrogens is 1. The van der Waals surface area contributed by atoms with E-state index >= 15 is 0 Å². The first kappa shape index (κ1) is 16.1. The van der Waals surface area contributed by atoms with Crippen LogP contribution in [0.3, 0.4) is 0 Å². The second-order valence-corrected chi connectivity index (χ2v) is 6.39. The Bertz CT molecular complexity index is 1080. The summed E-state index contributed by atoms with van der Waals surface area (Å²) in [7, 11) is 0. The first-order valence-corrected chi connectivity index (χ1v) is 8.44. The lowest BCUT2D eigenvalue weighted by Gasteiger charge is -2.05. The molecule has 1 heterocycles. The van der Waals surface area contributed by atoms with Crippen molar-refractivity contribution in [2.45, 2.75) is 13.8 Å². The van der Waals surface area contributed by atoms with E-state index in [0.29, 0.717) is 22.7 Å². The molecule has 0 radical (unpaired) electrons. The zero-order valence-electron chi connectivity index (χ0n) is 14.6. The summed E-state index contributed by atoms with van der Waals surface area (Å²) in [6.07, 6.45) is 0. The summed E-state index contributed by atoms with van der Waals surface area (Å²) in [6.45, 7) is 4.03. The summed E-state index contributed by atoms with van der Waals surface area (Å²) in [5.41, 5.74) is 5.93. The number of rotatable bonds is 3. The number of hydrogen-bond acceptors (Lipinski definition) is 3. The third-order valence-electron chi connectivity index (χ3n) is 4.26. The summed E-state index contributed by atoms with van der Waals surface area (Å²) >= 11 is 0. The van der Waals surface area contributed by atoms with E-state index in [1.54, 1.807) is 6.07 Å². The number of nitrogens with one attached hydrogen (secondary N) is 1. The second kappa shape index (κ2) is 6.48. The molecule has 0 fully saturated rings. The van der Waals surface area contributed by atoms with Crippen LogP contribution in [0.5, 0.6) is 0 Å². The molecule has 4 nitrogen and oxygen atoms in total. The molecule has 1 N–H and O–H groups in total. The fourth-order valence-electron chi connectivity index (χ4n) is 2.73. The minimum absolute atomic E-state index is 0.150. The maximum Gasteiger partial charge on any atom is 0.255 e. The molecule has 4 rings (SSSR count). The van der Waals surface area contributed by atoms with Crippen molar-refractivity contribution in [3.05, 3.63) is 83.4 Å². The third-order valence-corrected chi connectivity index (χ3v) is 4.26. The predicted molar refractivity (Wildman–Crippen MR) is 103 cm³/mol. The van der Waals surface area contributed by atoms with E-state index in [1.165, 1.54) is 5.56 Å². The topological polar surface area (TPSA) is 55.1 Å². The molecule has 0 unspecified atom stereocenters. The maximum atomic E-state index is 12.4. The van der Waals surface area contributed by atoms with Crippen LogP contribution in [-0.4, -0.2) is 10.9 Å². The zero-order chi connectivity index (χ0) is 18.1. The van der Waals surface area contributed by atoms with Gasteiger partial charge in [0.25, 0.3) is 5.91 Å². The van der Waals surface area contributed by atoms with Crippen molar-refractivity contribution in [2.75, 3.05) is 5.32 Å². The van der Waals surface area contributed by atoms with Crippen molar-refractivity contribution in [3.63, 3.8) is 0 Å². The SMILES string of the molecule is Cc1ccc(C(=O)Nc2ccc3nc(-c4ccc(C)cc4)oc3c2)cc1. The zero-order valence-corrected chi connectivity index (χ0v) is 14.6. The number of carbonyl (C=O) groups excluding carboxylic acids is 1. The molecule has 0 spiro atoms. The normalized spacial score (nSPS) is 10.8. The highest BCUT2D eigenvalue weighted by molar-refractivity contribution is 6.04. The first-order valence-electron chi connectivity index (χ1n) is 8.44. The molecule has 0 aliphatic heterocycles. The van der Waals surface area contributed by atoms with Gasteiger partial charge in [0.2, 0.25) is 5.89 Å². The van der Waals surface area contributed by atoms with Crippen molar-refractivity contribution >= 4 is 22.7 Å². The molecule has 0 bridgehead atoms. The van der Waals surface area contributed by atoms with Gasteiger partial charge in [-0.15, -0.1) is 0 Å². The number of fused-ring (bicyclic) bond motifs is 1. The van der Waals surface area contributed by atoms with Gasteiger partial charge in [-0.3, -0.25) is 4.79 Å². The number of oxazole rings is 1. The molecule has 3 aromatic carbocycles. The Hall–Kier alpha value is -3.40. The number of aryl methyl sites for hydroxylation is 2. The molecule has 128 valence electrons. The molecule has 4 heteroatoms. The fourth-order valence-corrected chi connectivity index (χ4v) is 2.73. The van der Waals surface area contributed by atoms with Gasteiger partial charge < -0.3 is 9.73 Å². The van der Waals surface area contributed by atoms with E-state index in [4.69, 9.17) is 4.42 Å². The Morgan fingerprint density at radius 1 is 0.885 bits per heavy atom. The summed E-state index contributed by atoms with van der Waals surface area (Å²) in [6, 6.07) is 21.0. The summed E-state index contributed by atoms with van der Waals surface area (Å²) in [4.78, 5) is 16.9. The molecule has 4 aromatic rings. The smallest absolute Gasteiger partial charge is 0.255 e. The fraction of sp³-hybridized carbons (Fsp3) is 0.0909. The Balaban J connectivity index is 1.60. The van der Waals surface area contributed by atoms with Crippen molar-refractivity contribution < 1.29 is 9.21 Å². The Morgan fingerprint density at radius 3 is 2.23 bits per heavy atom. The molecule has 0 saturated carbocycles. The monoisotopic (exact) mass is 342 g/mol. The number of hydrogen-bond donors (Lipinski definition) is 1. The van der Waals surface area contributed by atoms with Gasteiger partial charge in [0.1, 0.15) is 5.52 Å². The lowest BCUT2D eigenvalue weighted by molar-refractivity contribution is 0.102. The first-order chi connectivity index (χ1) is 12.6. The average molecular weight is 342 g/mol. The minimum atomic E-state index is -0.150. The molecule has 1 aromatic heterocycles. The van der Waals surface area contributed by atoms with E-state index in [9.17, 15) is 4.79 Å². The number of amides is 1. The highest BCUT2D eigenvalue weighted by Gasteiger charge is 2.11. The van der Waals surface area contributed by atoms with Gasteiger partial charge in [0.15, 0.2) is 5.58 Å². The lowest BCUT2D eigenvalue weighted by Crippen LogP contribution is -2.11. The molecule has 0 saturated heterocycles. The molecular weight excluding hydrogens is 324 g/mol. The van der Waals surface area contributed by atoms with Crippen LogP contribution in [0, 0.1) is 13.8 Å². The van der Waals surface area contributed by atoms with Crippen LogP contribution < -0.4 is 5.32 Å². The van der Waals surface area contributed by atoms with Gasteiger partial charge in [-0.2, -0.15) is 0 Å². The minimum Gasteiger partial charge on any atom is -0.436 e. The number of nitrogens with zero attached hydrogens (tertiary/aromatic N) is 1. The molecule has 1 amide bonds. The van der Waals surface area contributed by atoms with Crippen LogP contribution in [0.25, 0.3) is 22.6 Å². The van der Waals surface area contributed by atoms with Crippen LogP contribution in [0.2, 0.25) is 0 Å². The standard InChI is InChI=1S/C22H18N2O2/c1-14-3-7-16(8-4-14)21(25)23-18-11-12-19-20(13-18)26-22(24-19)17-9-5-15(2)6-10-17/h3-13H,1-2H3,(H,23,25). The van der Waals surface area contributed by atoms with Crippen molar-refractivity contribution in [2.24, 2.45) is 0 Å². The number of benzene rings is 3. The highest BCUT2D eigenvalue weighted by atomic mass is 16.3. The summed E-state index contributed by atoms with van der Waals surface area (Å²) < 4.78 is 5.88. The van der Waals surface area contributed by atoms with E-state index in [-0.39, 0.29) is 5.91 Å². The van der Waals surface area contributed by atoms with Gasteiger partial charge in [0.05, 0.1) is 0 Å². The van der Waals surface area contributed by atoms with Crippen molar-refractivity contribution in [1.29, 1.82) is 0 Å². The second-order valence-electron chi connectivity index (χ2n) is 6.39. The third kappa shape index (κ3) is 3.22. The van der Waals surface area contributed by atoms with Crippen molar-refractivity contribution in [1.82, 2.24) is 4.98 Å². The lowest BCUT2D eigenvalue weighted by atomic mass is 10.1. The highest BCUT2D eigenvalue weighted by Crippen LogP contribution is 2.26. The average Bonchev–Trinajstić information content (AvgIpc) is 3.06. The van der Waals surface area contributed by atoms with Gasteiger partial charge >= 0.3 is 0 Å². The summed E-state index contributed by atoms with van der Waals surface area (Å²) in [5.74, 6) is 0.421. The van der Waals surface area contributed by atoms with Crippen LogP contribution in [0.15, 0.2) is 71.1 Å². The number of carbonyl (C=O) groups is 1. The van der Waals surface area contributed by atoms with Gasteiger partial charge in [-0.05, 0) is 50.2 Å². The van der Waals surface area contributed by atoms with Crippen molar-refractivity contribution in [3.8, 4) is 11.5 Å². The van der Waals surface area contributed by atoms with Gasteiger partial charge in [-0.1, -0.05) is 35.4 Å². The Morgan fingerprint density at radius 2 is 1.54 bits per heavy atom. The number of anilines is 1. The predicted octanol–water partition coefficient (Wildman–Crippen LogP) is 5.36.